The molecule has 0 aliphatic carbocycles. The molecular weight excluding hydrogens is 290 g/mol. The van der Waals surface area contributed by atoms with E-state index in [2.05, 4.69) is 45.9 Å². The molecule has 2 N–H and O–H groups in total. The monoisotopic (exact) mass is 319 g/mol. The van der Waals surface area contributed by atoms with Gasteiger partial charge in [-0.25, -0.2) is 0 Å². The van der Waals surface area contributed by atoms with E-state index in [0.29, 0.717) is 25.6 Å². The summed E-state index contributed by atoms with van der Waals surface area (Å²) in [5.41, 5.74) is 1.38. The molecule has 0 unspecified atom stereocenters. The molecule has 0 saturated carbocycles. The van der Waals surface area contributed by atoms with Gasteiger partial charge in [-0.15, -0.1) is 0 Å². The molecule has 1 aromatic carbocycles. The second kappa shape index (κ2) is 10.4. The molecule has 128 valence electrons. The van der Waals surface area contributed by atoms with Gasteiger partial charge in [0.25, 0.3) is 0 Å². The van der Waals surface area contributed by atoms with Gasteiger partial charge in [0.1, 0.15) is 0 Å². The van der Waals surface area contributed by atoms with Gasteiger partial charge in [-0.3, -0.25) is 9.69 Å². The van der Waals surface area contributed by atoms with Crippen LogP contribution >= 0.6 is 0 Å². The van der Waals surface area contributed by atoms with E-state index in [0.717, 1.165) is 39.0 Å². The number of piperidine rings is 1. The van der Waals surface area contributed by atoms with Crippen LogP contribution in [0.4, 0.5) is 0 Å². The van der Waals surface area contributed by atoms with Crippen LogP contribution in [0.15, 0.2) is 30.3 Å². The number of amides is 1. The molecule has 1 amide bonds. The third-order valence-corrected chi connectivity index (χ3v) is 4.31. The Balaban J connectivity index is 1.57. The fourth-order valence-electron chi connectivity index (χ4n) is 2.89. The molecule has 0 radical (unpaired) electrons. The van der Waals surface area contributed by atoms with Crippen molar-refractivity contribution in [3.8, 4) is 0 Å². The number of rotatable bonds is 9. The van der Waals surface area contributed by atoms with Gasteiger partial charge < -0.3 is 15.4 Å². The first-order chi connectivity index (χ1) is 11.3. The Bertz CT molecular complexity index is 445. The van der Waals surface area contributed by atoms with Gasteiger partial charge in [0.15, 0.2) is 0 Å². The van der Waals surface area contributed by atoms with Crippen molar-refractivity contribution in [2.24, 2.45) is 5.92 Å². The lowest BCUT2D eigenvalue weighted by molar-refractivity contribution is -0.120. The number of ether oxygens (including phenoxy) is 1. The fraction of sp³-hybridized carbons (Fsp3) is 0.611. The van der Waals surface area contributed by atoms with Crippen LogP contribution in [-0.2, 0) is 16.1 Å². The first-order valence-electron chi connectivity index (χ1n) is 8.50. The number of hydrogen-bond acceptors (Lipinski definition) is 4. The van der Waals surface area contributed by atoms with Crippen molar-refractivity contribution in [1.82, 2.24) is 15.5 Å². The van der Waals surface area contributed by atoms with E-state index in [1.807, 2.05) is 0 Å². The van der Waals surface area contributed by atoms with E-state index >= 15 is 0 Å². The second-order valence-corrected chi connectivity index (χ2v) is 6.18. The average Bonchev–Trinajstić information content (AvgIpc) is 2.59. The van der Waals surface area contributed by atoms with Crippen molar-refractivity contribution in [2.45, 2.75) is 19.4 Å². The van der Waals surface area contributed by atoms with E-state index in [9.17, 15) is 4.79 Å². The standard InChI is InChI=1S/C18H29N3O2/c1-23-12-9-19-14-18(22)20-13-16-7-10-21(11-8-16)15-17-5-3-2-4-6-17/h2-6,16,19H,7-15H2,1H3,(H,20,22). The molecule has 1 aromatic rings. The molecule has 2 rings (SSSR count). The molecule has 0 aromatic heterocycles. The van der Waals surface area contributed by atoms with Crippen LogP contribution in [-0.4, -0.2) is 57.2 Å². The minimum absolute atomic E-state index is 0.0767. The van der Waals surface area contributed by atoms with E-state index < -0.39 is 0 Å². The maximum Gasteiger partial charge on any atom is 0.233 e. The van der Waals surface area contributed by atoms with Crippen LogP contribution < -0.4 is 10.6 Å². The summed E-state index contributed by atoms with van der Waals surface area (Å²) < 4.78 is 4.93. The van der Waals surface area contributed by atoms with Crippen molar-refractivity contribution < 1.29 is 9.53 Å². The van der Waals surface area contributed by atoms with Crippen LogP contribution in [0.3, 0.4) is 0 Å². The zero-order valence-corrected chi connectivity index (χ0v) is 14.1. The summed E-state index contributed by atoms with van der Waals surface area (Å²) in [6.45, 7) is 5.77. The first kappa shape index (κ1) is 17.9. The summed E-state index contributed by atoms with van der Waals surface area (Å²) >= 11 is 0. The summed E-state index contributed by atoms with van der Waals surface area (Å²) in [6.07, 6.45) is 2.31. The Morgan fingerprint density at radius 3 is 2.70 bits per heavy atom. The molecular formula is C18H29N3O2. The fourth-order valence-corrected chi connectivity index (χ4v) is 2.89. The van der Waals surface area contributed by atoms with Crippen LogP contribution in [0.5, 0.6) is 0 Å². The lowest BCUT2D eigenvalue weighted by Crippen LogP contribution is -2.41. The maximum atomic E-state index is 11.7. The third kappa shape index (κ3) is 7.12. The topological polar surface area (TPSA) is 53.6 Å². The summed E-state index contributed by atoms with van der Waals surface area (Å²) in [7, 11) is 1.66. The predicted molar refractivity (Wildman–Crippen MR) is 92.2 cm³/mol. The van der Waals surface area contributed by atoms with Gasteiger partial charge >= 0.3 is 0 Å². The van der Waals surface area contributed by atoms with Crippen LogP contribution in [0.2, 0.25) is 0 Å². The van der Waals surface area contributed by atoms with Crippen molar-refractivity contribution >= 4 is 5.91 Å². The minimum Gasteiger partial charge on any atom is -0.383 e. The smallest absolute Gasteiger partial charge is 0.233 e. The number of nitrogens with zero attached hydrogens (tertiary/aromatic N) is 1. The Morgan fingerprint density at radius 1 is 1.26 bits per heavy atom. The van der Waals surface area contributed by atoms with Crippen LogP contribution in [0.1, 0.15) is 18.4 Å². The number of nitrogens with one attached hydrogen (secondary N) is 2. The highest BCUT2D eigenvalue weighted by Gasteiger charge is 2.19. The van der Waals surface area contributed by atoms with Gasteiger partial charge in [0, 0.05) is 26.7 Å². The predicted octanol–water partition coefficient (Wildman–Crippen LogP) is 1.25. The molecule has 1 heterocycles. The van der Waals surface area contributed by atoms with Gasteiger partial charge in [0.05, 0.1) is 13.2 Å². The van der Waals surface area contributed by atoms with Crippen molar-refractivity contribution in [2.75, 3.05) is 46.4 Å². The molecule has 1 aliphatic heterocycles. The SMILES string of the molecule is COCCNCC(=O)NCC1CCN(Cc2ccccc2)CC1. The number of carbonyl (C=O) groups is 1. The lowest BCUT2D eigenvalue weighted by Gasteiger charge is -2.32. The Kier molecular flexibility index (Phi) is 8.07. The number of hydrogen-bond donors (Lipinski definition) is 2. The molecule has 1 aliphatic rings. The zero-order chi connectivity index (χ0) is 16.3. The quantitative estimate of drug-likeness (QED) is 0.673. The van der Waals surface area contributed by atoms with Gasteiger partial charge in [-0.1, -0.05) is 30.3 Å². The molecule has 1 saturated heterocycles. The van der Waals surface area contributed by atoms with Gasteiger partial charge in [-0.05, 0) is 37.4 Å². The maximum absolute atomic E-state index is 11.7. The Hall–Kier alpha value is -1.43. The second-order valence-electron chi connectivity index (χ2n) is 6.18. The molecule has 0 spiro atoms. The lowest BCUT2D eigenvalue weighted by atomic mass is 9.96. The third-order valence-electron chi connectivity index (χ3n) is 4.31. The Morgan fingerprint density at radius 2 is 2.00 bits per heavy atom. The molecule has 23 heavy (non-hydrogen) atoms. The minimum atomic E-state index is 0.0767. The summed E-state index contributed by atoms with van der Waals surface area (Å²) in [4.78, 5) is 14.2. The van der Waals surface area contributed by atoms with E-state index in [4.69, 9.17) is 4.74 Å². The number of carbonyl (C=O) groups excluding carboxylic acids is 1. The number of likely N-dealkylation sites (tertiary alicyclic amines) is 1. The summed E-state index contributed by atoms with van der Waals surface area (Å²) in [6, 6.07) is 10.6. The van der Waals surface area contributed by atoms with Crippen molar-refractivity contribution in [3.63, 3.8) is 0 Å². The zero-order valence-electron chi connectivity index (χ0n) is 14.1. The van der Waals surface area contributed by atoms with E-state index in [1.54, 1.807) is 7.11 Å². The highest BCUT2D eigenvalue weighted by molar-refractivity contribution is 5.77. The normalized spacial score (nSPS) is 16.4. The van der Waals surface area contributed by atoms with E-state index in [-0.39, 0.29) is 5.91 Å². The molecule has 0 atom stereocenters. The molecule has 5 nitrogen and oxygen atoms in total. The highest BCUT2D eigenvalue weighted by Crippen LogP contribution is 2.18. The van der Waals surface area contributed by atoms with Crippen molar-refractivity contribution in [3.05, 3.63) is 35.9 Å². The largest absolute Gasteiger partial charge is 0.383 e. The van der Waals surface area contributed by atoms with E-state index in [1.165, 1.54) is 5.56 Å². The highest BCUT2D eigenvalue weighted by atomic mass is 16.5. The van der Waals surface area contributed by atoms with Gasteiger partial charge in [-0.2, -0.15) is 0 Å². The van der Waals surface area contributed by atoms with Crippen LogP contribution in [0, 0.1) is 5.92 Å². The average molecular weight is 319 g/mol. The summed E-state index contributed by atoms with van der Waals surface area (Å²) in [5.74, 6) is 0.678. The Labute approximate surface area is 139 Å². The molecule has 5 heteroatoms. The summed E-state index contributed by atoms with van der Waals surface area (Å²) in [5, 5.41) is 6.10. The van der Waals surface area contributed by atoms with Crippen molar-refractivity contribution in [1.29, 1.82) is 0 Å². The number of methoxy groups -OCH3 is 1. The van der Waals surface area contributed by atoms with Gasteiger partial charge in [0.2, 0.25) is 5.91 Å². The number of benzene rings is 1. The first-order valence-corrected chi connectivity index (χ1v) is 8.50. The molecule has 0 bridgehead atoms. The van der Waals surface area contributed by atoms with Crippen LogP contribution in [0.25, 0.3) is 0 Å². The molecule has 1 fully saturated rings.